The van der Waals surface area contributed by atoms with Gasteiger partial charge in [0.15, 0.2) is 0 Å². The molecule has 0 saturated carbocycles. The van der Waals surface area contributed by atoms with Crippen LogP contribution in [0, 0.1) is 0 Å². The molecule has 11 heteroatoms. The van der Waals surface area contributed by atoms with Crippen molar-refractivity contribution in [2.75, 3.05) is 36.6 Å². The van der Waals surface area contributed by atoms with Crippen molar-refractivity contribution in [2.24, 2.45) is 0 Å². The van der Waals surface area contributed by atoms with Crippen LogP contribution in [0.4, 0.5) is 10.8 Å². The van der Waals surface area contributed by atoms with E-state index in [1.54, 1.807) is 43.5 Å². The lowest BCUT2D eigenvalue weighted by Crippen LogP contribution is -2.37. The van der Waals surface area contributed by atoms with Crippen molar-refractivity contribution in [3.8, 4) is 22.1 Å². The Labute approximate surface area is 178 Å². The summed E-state index contributed by atoms with van der Waals surface area (Å²) in [4.78, 5) is 12.5. The van der Waals surface area contributed by atoms with E-state index in [1.807, 2.05) is 12.1 Å². The van der Waals surface area contributed by atoms with Crippen molar-refractivity contribution in [2.45, 2.75) is 0 Å². The fourth-order valence-electron chi connectivity index (χ4n) is 2.63. The zero-order chi connectivity index (χ0) is 21.7. The highest BCUT2D eigenvalue weighted by Crippen LogP contribution is 2.30. The number of methoxy groups -OCH3 is 2. The molecule has 0 spiro atoms. The van der Waals surface area contributed by atoms with Crippen LogP contribution in [0.2, 0.25) is 0 Å². The number of carbonyl (C=O) groups excluding carboxylic acids is 1. The average Bonchev–Trinajstić information content (AvgIpc) is 3.19. The molecule has 3 aromatic rings. The molecule has 0 bridgehead atoms. The Morgan fingerprint density at radius 1 is 1.07 bits per heavy atom. The van der Waals surface area contributed by atoms with E-state index >= 15 is 0 Å². The van der Waals surface area contributed by atoms with E-state index in [4.69, 9.17) is 9.47 Å². The number of nitrogens with zero attached hydrogens (tertiary/aromatic N) is 3. The number of aromatic nitrogens is 2. The molecule has 0 saturated heterocycles. The van der Waals surface area contributed by atoms with Gasteiger partial charge in [-0.1, -0.05) is 23.5 Å². The minimum absolute atomic E-state index is 0.263. The monoisotopic (exact) mass is 448 g/mol. The summed E-state index contributed by atoms with van der Waals surface area (Å²) < 4.78 is 35.9. The zero-order valence-electron chi connectivity index (χ0n) is 16.5. The third kappa shape index (κ3) is 5.05. The molecule has 0 aliphatic rings. The number of amides is 1. The minimum Gasteiger partial charge on any atom is -0.497 e. The second-order valence-corrected chi connectivity index (χ2v) is 9.01. The summed E-state index contributed by atoms with van der Waals surface area (Å²) in [6.45, 7) is -0.434. The van der Waals surface area contributed by atoms with E-state index in [1.165, 1.54) is 18.4 Å². The lowest BCUT2D eigenvalue weighted by molar-refractivity contribution is -0.114. The summed E-state index contributed by atoms with van der Waals surface area (Å²) in [5, 5.41) is 11.5. The smallest absolute Gasteiger partial charge is 0.246 e. The van der Waals surface area contributed by atoms with Gasteiger partial charge in [0.05, 0.1) is 26.2 Å². The van der Waals surface area contributed by atoms with Gasteiger partial charge in [-0.05, 0) is 36.4 Å². The zero-order valence-corrected chi connectivity index (χ0v) is 18.2. The van der Waals surface area contributed by atoms with Gasteiger partial charge in [-0.2, -0.15) is 0 Å². The molecule has 1 aromatic heterocycles. The first kappa shape index (κ1) is 21.5. The van der Waals surface area contributed by atoms with Crippen molar-refractivity contribution in [3.63, 3.8) is 0 Å². The van der Waals surface area contributed by atoms with Gasteiger partial charge in [0.1, 0.15) is 23.1 Å². The Morgan fingerprint density at radius 3 is 2.40 bits per heavy atom. The molecule has 2 aromatic carbocycles. The van der Waals surface area contributed by atoms with Crippen molar-refractivity contribution >= 4 is 38.1 Å². The summed E-state index contributed by atoms with van der Waals surface area (Å²) in [5.41, 5.74) is 1.09. The summed E-state index contributed by atoms with van der Waals surface area (Å²) in [7, 11) is -0.721. The van der Waals surface area contributed by atoms with Crippen LogP contribution in [0.25, 0.3) is 10.6 Å². The van der Waals surface area contributed by atoms with Crippen molar-refractivity contribution in [1.29, 1.82) is 0 Å². The summed E-state index contributed by atoms with van der Waals surface area (Å²) in [6, 6.07) is 13.8. The number of carbonyl (C=O) groups is 1. The SMILES string of the molecule is COc1ccc(-c2nnc(NC(=O)CN(c3ccccc3OC)S(C)(=O)=O)s2)cc1. The Kier molecular flexibility index (Phi) is 6.53. The molecule has 3 rings (SSSR count). The number of nitrogens with one attached hydrogen (secondary N) is 1. The van der Waals surface area contributed by atoms with E-state index in [2.05, 4.69) is 15.5 Å². The van der Waals surface area contributed by atoms with Crippen molar-refractivity contribution in [1.82, 2.24) is 10.2 Å². The topological polar surface area (TPSA) is 111 Å². The lowest BCUT2D eigenvalue weighted by Gasteiger charge is -2.23. The van der Waals surface area contributed by atoms with Gasteiger partial charge < -0.3 is 9.47 Å². The Morgan fingerprint density at radius 2 is 1.77 bits per heavy atom. The third-order valence-electron chi connectivity index (χ3n) is 4.05. The van der Waals surface area contributed by atoms with Crippen LogP contribution in [0.1, 0.15) is 0 Å². The molecule has 1 heterocycles. The maximum atomic E-state index is 12.5. The maximum Gasteiger partial charge on any atom is 0.246 e. The molecule has 30 heavy (non-hydrogen) atoms. The fraction of sp³-hybridized carbons (Fsp3) is 0.211. The second kappa shape index (κ2) is 9.09. The lowest BCUT2D eigenvalue weighted by atomic mass is 10.2. The van der Waals surface area contributed by atoms with Crippen LogP contribution in [-0.2, 0) is 14.8 Å². The molecule has 0 aliphatic heterocycles. The number of ether oxygens (including phenoxy) is 2. The van der Waals surface area contributed by atoms with E-state index in [0.717, 1.165) is 16.1 Å². The number of anilines is 2. The Bertz CT molecular complexity index is 1130. The molecular formula is C19H20N4O5S2. The van der Waals surface area contributed by atoms with Gasteiger partial charge in [0, 0.05) is 5.56 Å². The van der Waals surface area contributed by atoms with E-state index in [-0.39, 0.29) is 10.8 Å². The largest absolute Gasteiger partial charge is 0.497 e. The fourth-order valence-corrected chi connectivity index (χ4v) is 4.26. The first-order chi connectivity index (χ1) is 14.3. The molecule has 9 nitrogen and oxygen atoms in total. The number of benzene rings is 2. The highest BCUT2D eigenvalue weighted by atomic mass is 32.2. The van der Waals surface area contributed by atoms with Gasteiger partial charge in [-0.25, -0.2) is 8.42 Å². The third-order valence-corrected chi connectivity index (χ3v) is 6.06. The van der Waals surface area contributed by atoms with E-state index in [9.17, 15) is 13.2 Å². The number of hydrogen-bond donors (Lipinski definition) is 1. The van der Waals surface area contributed by atoms with Crippen LogP contribution in [0.15, 0.2) is 48.5 Å². The van der Waals surface area contributed by atoms with Gasteiger partial charge in [0.2, 0.25) is 21.1 Å². The van der Waals surface area contributed by atoms with Crippen LogP contribution >= 0.6 is 11.3 Å². The molecule has 0 unspecified atom stereocenters. The molecule has 0 fully saturated rings. The minimum atomic E-state index is -3.73. The molecule has 1 amide bonds. The van der Waals surface area contributed by atoms with Crippen molar-refractivity contribution < 1.29 is 22.7 Å². The van der Waals surface area contributed by atoms with Crippen LogP contribution in [0.3, 0.4) is 0 Å². The first-order valence-electron chi connectivity index (χ1n) is 8.70. The van der Waals surface area contributed by atoms with Gasteiger partial charge in [0.25, 0.3) is 0 Å². The Balaban J connectivity index is 1.75. The quantitative estimate of drug-likeness (QED) is 0.564. The summed E-state index contributed by atoms with van der Waals surface area (Å²) >= 11 is 1.18. The van der Waals surface area contributed by atoms with Gasteiger partial charge in [-0.15, -0.1) is 10.2 Å². The van der Waals surface area contributed by atoms with Crippen LogP contribution in [0.5, 0.6) is 11.5 Å². The second-order valence-electron chi connectivity index (χ2n) is 6.13. The molecule has 1 N–H and O–H groups in total. The number of rotatable bonds is 8. The average molecular weight is 449 g/mol. The van der Waals surface area contributed by atoms with Gasteiger partial charge >= 0.3 is 0 Å². The van der Waals surface area contributed by atoms with E-state index < -0.39 is 22.5 Å². The molecule has 0 radical (unpaired) electrons. The first-order valence-corrected chi connectivity index (χ1v) is 11.4. The summed E-state index contributed by atoms with van der Waals surface area (Å²) in [6.07, 6.45) is 1.03. The predicted octanol–water partition coefficient (Wildman–Crippen LogP) is 2.63. The van der Waals surface area contributed by atoms with Gasteiger partial charge in [-0.3, -0.25) is 14.4 Å². The molecule has 0 atom stereocenters. The normalized spacial score (nSPS) is 11.0. The number of para-hydroxylation sites is 2. The highest BCUT2D eigenvalue weighted by molar-refractivity contribution is 7.92. The Hall–Kier alpha value is -3.18. The maximum absolute atomic E-state index is 12.5. The summed E-state index contributed by atoms with van der Waals surface area (Å²) in [5.74, 6) is 0.506. The predicted molar refractivity (Wildman–Crippen MR) is 116 cm³/mol. The molecule has 158 valence electrons. The van der Waals surface area contributed by atoms with E-state index in [0.29, 0.717) is 16.5 Å². The standard InChI is InChI=1S/C19H20N4O5S2/c1-27-14-10-8-13(9-11-14)18-21-22-19(29-18)20-17(24)12-23(30(3,25)26)15-6-4-5-7-16(15)28-2/h4-11H,12H2,1-3H3,(H,20,22,24). The number of hydrogen-bond acceptors (Lipinski definition) is 8. The highest BCUT2D eigenvalue weighted by Gasteiger charge is 2.24. The number of sulfonamides is 1. The van der Waals surface area contributed by atoms with Crippen molar-refractivity contribution in [3.05, 3.63) is 48.5 Å². The van der Waals surface area contributed by atoms with Crippen LogP contribution in [-0.4, -0.2) is 51.5 Å². The van der Waals surface area contributed by atoms with Crippen LogP contribution < -0.4 is 19.1 Å². The molecule has 0 aliphatic carbocycles. The molecular weight excluding hydrogens is 428 g/mol.